The molecule has 0 spiro atoms. The molecule has 1 aromatic carbocycles. The van der Waals surface area contributed by atoms with Crippen molar-refractivity contribution >= 4 is 0 Å². The van der Waals surface area contributed by atoms with Crippen LogP contribution in [0.3, 0.4) is 0 Å². The van der Waals surface area contributed by atoms with Gasteiger partial charge in [0.25, 0.3) is 0 Å². The Balaban J connectivity index is 1.57. The zero-order valence-electron chi connectivity index (χ0n) is 14.6. The fourth-order valence-corrected chi connectivity index (χ4v) is 4.42. The van der Waals surface area contributed by atoms with Crippen molar-refractivity contribution in [3.05, 3.63) is 29.6 Å². The van der Waals surface area contributed by atoms with Crippen LogP contribution in [0.2, 0.25) is 0 Å². The van der Waals surface area contributed by atoms with Crippen LogP contribution in [0, 0.1) is 35.2 Å². The van der Waals surface area contributed by atoms with E-state index in [1.54, 1.807) is 0 Å². The topological polar surface area (TPSA) is 36.9 Å². The Morgan fingerprint density at radius 3 is 1.77 bits per heavy atom. The second-order valence-corrected chi connectivity index (χ2v) is 7.76. The lowest BCUT2D eigenvalue weighted by molar-refractivity contribution is -0.427. The van der Waals surface area contributed by atoms with Crippen molar-refractivity contribution in [1.82, 2.24) is 0 Å². The van der Waals surface area contributed by atoms with Crippen LogP contribution in [0.15, 0.2) is 12.1 Å². The third-order valence-corrected chi connectivity index (χ3v) is 6.02. The number of rotatable bonds is 4. The molecule has 2 aliphatic rings. The van der Waals surface area contributed by atoms with Gasteiger partial charge >= 0.3 is 6.11 Å². The highest BCUT2D eigenvalue weighted by Gasteiger charge is 2.45. The summed E-state index contributed by atoms with van der Waals surface area (Å²) in [5, 5.41) is 0. The Morgan fingerprint density at radius 2 is 1.27 bits per heavy atom. The maximum Gasteiger partial charge on any atom is 0.400 e. The molecule has 2 aliphatic carbocycles. The lowest BCUT2D eigenvalue weighted by atomic mass is 9.70. The normalized spacial score (nSPS) is 30.2. The lowest BCUT2D eigenvalue weighted by Crippen LogP contribution is -2.62. The minimum atomic E-state index is -3.54. The van der Waals surface area contributed by atoms with Gasteiger partial charge in [0.1, 0.15) is 5.75 Å². The molecule has 2 fully saturated rings. The molecule has 26 heavy (non-hydrogen) atoms. The van der Waals surface area contributed by atoms with Gasteiger partial charge in [0.05, 0.1) is 12.0 Å². The molecule has 0 aromatic heterocycles. The van der Waals surface area contributed by atoms with E-state index in [-0.39, 0.29) is 0 Å². The quantitative estimate of drug-likeness (QED) is 0.599. The number of halogens is 5. The minimum Gasteiger partial charge on any atom is -0.432 e. The molecular formula is C19H25F5NO+. The van der Waals surface area contributed by atoms with Crippen LogP contribution in [-0.4, -0.2) is 12.2 Å². The molecule has 0 atom stereocenters. The highest BCUT2D eigenvalue weighted by molar-refractivity contribution is 5.25. The van der Waals surface area contributed by atoms with E-state index in [9.17, 15) is 22.0 Å². The number of hydrogen-bond acceptors (Lipinski definition) is 1. The summed E-state index contributed by atoms with van der Waals surface area (Å²) in [5.74, 6) is -5.43. The van der Waals surface area contributed by atoms with Gasteiger partial charge in [-0.25, -0.2) is 13.2 Å². The minimum absolute atomic E-state index is 0.314. The van der Waals surface area contributed by atoms with Gasteiger partial charge in [-0.2, -0.15) is 8.78 Å². The van der Waals surface area contributed by atoms with Gasteiger partial charge in [0, 0.05) is 12.1 Å². The Bertz CT molecular complexity index is 599. The molecule has 0 radical (unpaired) electrons. The summed E-state index contributed by atoms with van der Waals surface area (Å²) in [6.45, 7) is 0. The van der Waals surface area contributed by atoms with Crippen molar-refractivity contribution < 1.29 is 32.4 Å². The molecule has 0 aliphatic heterocycles. The van der Waals surface area contributed by atoms with Crippen molar-refractivity contribution in [2.24, 2.45) is 17.8 Å². The largest absolute Gasteiger partial charge is 0.432 e. The predicted octanol–water partition coefficient (Wildman–Crippen LogP) is 4.68. The number of benzene rings is 1. The fraction of sp³-hybridized carbons (Fsp3) is 0.684. The van der Waals surface area contributed by atoms with Crippen LogP contribution in [0.1, 0.15) is 51.4 Å². The number of ether oxygens (including phenoxy) is 1. The summed E-state index contributed by atoms with van der Waals surface area (Å²) in [6, 6.07) is 1.42. The van der Waals surface area contributed by atoms with Crippen molar-refractivity contribution in [2.45, 2.75) is 63.5 Å². The first-order valence-electron chi connectivity index (χ1n) is 9.30. The second-order valence-electron chi connectivity index (χ2n) is 7.76. The Hall–Kier alpha value is -1.37. The van der Waals surface area contributed by atoms with Crippen molar-refractivity contribution in [1.29, 1.82) is 0 Å². The van der Waals surface area contributed by atoms with E-state index >= 15 is 0 Å². The number of alkyl halides is 2. The van der Waals surface area contributed by atoms with Crippen molar-refractivity contribution in [3.63, 3.8) is 0 Å². The maximum absolute atomic E-state index is 14.4. The Kier molecular flexibility index (Phi) is 5.75. The molecule has 1 aromatic rings. The summed E-state index contributed by atoms with van der Waals surface area (Å²) in [6.07, 6.45) is 2.95. The van der Waals surface area contributed by atoms with Crippen LogP contribution >= 0.6 is 0 Å². The summed E-state index contributed by atoms with van der Waals surface area (Å²) in [4.78, 5) is 0. The lowest BCUT2D eigenvalue weighted by Gasteiger charge is -2.38. The fourth-order valence-electron chi connectivity index (χ4n) is 4.42. The first-order chi connectivity index (χ1) is 12.3. The van der Waals surface area contributed by atoms with Gasteiger partial charge in [-0.15, -0.1) is 0 Å². The van der Waals surface area contributed by atoms with E-state index in [1.165, 1.54) is 0 Å². The molecular weight excluding hydrogens is 353 g/mol. The molecule has 0 saturated heterocycles. The first kappa shape index (κ1) is 19.4. The summed E-state index contributed by atoms with van der Waals surface area (Å²) < 4.78 is 72.7. The molecule has 2 nitrogen and oxygen atoms in total. The van der Waals surface area contributed by atoms with E-state index in [1.807, 2.05) is 0 Å². The van der Waals surface area contributed by atoms with E-state index in [0.717, 1.165) is 25.7 Å². The molecule has 0 unspecified atom stereocenters. The Morgan fingerprint density at radius 1 is 0.808 bits per heavy atom. The Labute approximate surface area is 149 Å². The zero-order valence-corrected chi connectivity index (χ0v) is 14.6. The molecule has 7 heteroatoms. The molecule has 3 rings (SSSR count). The molecule has 0 amide bonds. The molecule has 2 saturated carbocycles. The van der Waals surface area contributed by atoms with Gasteiger partial charge in [0.15, 0.2) is 17.5 Å². The zero-order chi connectivity index (χ0) is 18.9. The van der Waals surface area contributed by atoms with Gasteiger partial charge in [-0.3, -0.25) is 0 Å². The SMILES string of the molecule is [NH3+]C1CCC(C2CCC(C(F)(F)Oc3cc(F)c(F)c(F)c3)CC2)CC1. The van der Waals surface area contributed by atoms with Crippen LogP contribution in [0.4, 0.5) is 22.0 Å². The average Bonchev–Trinajstić information content (AvgIpc) is 2.60. The third-order valence-electron chi connectivity index (χ3n) is 6.02. The monoisotopic (exact) mass is 378 g/mol. The van der Waals surface area contributed by atoms with Crippen LogP contribution in [0.5, 0.6) is 5.75 Å². The van der Waals surface area contributed by atoms with E-state index in [0.29, 0.717) is 55.7 Å². The van der Waals surface area contributed by atoms with Gasteiger partial charge in [0.2, 0.25) is 0 Å². The van der Waals surface area contributed by atoms with Gasteiger partial charge in [-0.05, 0) is 63.2 Å². The van der Waals surface area contributed by atoms with Crippen LogP contribution < -0.4 is 10.5 Å². The van der Waals surface area contributed by atoms with Crippen LogP contribution in [-0.2, 0) is 0 Å². The second kappa shape index (κ2) is 7.71. The van der Waals surface area contributed by atoms with Crippen molar-refractivity contribution in [3.8, 4) is 5.75 Å². The van der Waals surface area contributed by atoms with Crippen molar-refractivity contribution in [2.75, 3.05) is 0 Å². The number of hydrogen-bond donors (Lipinski definition) is 1. The predicted molar refractivity (Wildman–Crippen MR) is 86.0 cm³/mol. The average molecular weight is 378 g/mol. The highest BCUT2D eigenvalue weighted by atomic mass is 19.3. The smallest absolute Gasteiger partial charge is 0.400 e. The molecule has 0 bridgehead atoms. The molecule has 3 N–H and O–H groups in total. The standard InChI is InChI=1S/C19H24F5NO/c20-16-9-15(10-17(21)18(16)22)26-19(23,24)13-5-1-11(2-6-13)12-3-7-14(25)8-4-12/h9-14H,1-8,25H2/p+1. The molecule has 0 heterocycles. The third kappa shape index (κ3) is 4.30. The first-order valence-corrected chi connectivity index (χ1v) is 9.30. The van der Waals surface area contributed by atoms with E-state index in [2.05, 4.69) is 10.5 Å². The highest BCUT2D eigenvalue weighted by Crippen LogP contribution is 2.44. The van der Waals surface area contributed by atoms with E-state index in [4.69, 9.17) is 0 Å². The number of quaternary nitrogens is 1. The van der Waals surface area contributed by atoms with Gasteiger partial charge < -0.3 is 10.5 Å². The van der Waals surface area contributed by atoms with Crippen LogP contribution in [0.25, 0.3) is 0 Å². The maximum atomic E-state index is 14.4. The van der Waals surface area contributed by atoms with Gasteiger partial charge in [-0.1, -0.05) is 0 Å². The molecule has 146 valence electrons. The summed E-state index contributed by atoms with van der Waals surface area (Å²) in [7, 11) is 0. The summed E-state index contributed by atoms with van der Waals surface area (Å²) >= 11 is 0. The summed E-state index contributed by atoms with van der Waals surface area (Å²) in [5.41, 5.74) is 4.09. The van der Waals surface area contributed by atoms with E-state index < -0.39 is 35.2 Å².